The molecular formula is C20H27NaO. The summed E-state index contributed by atoms with van der Waals surface area (Å²) in [5.41, 5.74) is 5.04. The summed E-state index contributed by atoms with van der Waals surface area (Å²) in [4.78, 5) is 0. The van der Waals surface area contributed by atoms with Gasteiger partial charge in [-0.05, 0) is 48.4 Å². The van der Waals surface area contributed by atoms with Crippen LogP contribution in [0.5, 0.6) is 5.75 Å². The van der Waals surface area contributed by atoms with Crippen LogP contribution < -0.4 is 29.6 Å². The molecule has 0 saturated heterocycles. The molecule has 0 saturated carbocycles. The normalized spacial score (nSPS) is 10.3. The van der Waals surface area contributed by atoms with Crippen molar-refractivity contribution >= 4 is 0 Å². The van der Waals surface area contributed by atoms with Crippen molar-refractivity contribution in [3.63, 3.8) is 0 Å². The Labute approximate surface area is 158 Å². The second kappa shape index (κ2) is 10.1. The Morgan fingerprint density at radius 1 is 0.818 bits per heavy atom. The van der Waals surface area contributed by atoms with E-state index in [-0.39, 0.29) is 31.0 Å². The molecule has 0 fully saturated rings. The molecule has 2 heteroatoms. The quantitative estimate of drug-likeness (QED) is 0.780. The summed E-state index contributed by atoms with van der Waals surface area (Å²) in [5.74, 6) is 0.378. The van der Waals surface area contributed by atoms with Crippen LogP contribution in [-0.4, -0.2) is 5.11 Å². The van der Waals surface area contributed by atoms with Crippen LogP contribution in [0.2, 0.25) is 0 Å². The van der Waals surface area contributed by atoms with Gasteiger partial charge in [0.05, 0.1) is 0 Å². The average molecular weight is 306 g/mol. The number of para-hydroxylation sites is 1. The number of hydrogen-bond acceptors (Lipinski definition) is 1. The standard InChI is InChI=1S/C20H26O.Na.H/c1-3-5-10-16-11-9-14-18(17(16)12-6-4-2)19-13-7-8-15-20(19)21;;/h7-9,11,13-15,21H,3-6,10,12H2,1-2H3;;/q;+1;-1. The number of benzene rings is 2. The Kier molecular flexibility index (Phi) is 8.85. The summed E-state index contributed by atoms with van der Waals surface area (Å²) in [7, 11) is 0. The van der Waals surface area contributed by atoms with E-state index in [4.69, 9.17) is 0 Å². The second-order valence-corrected chi connectivity index (χ2v) is 5.67. The maximum Gasteiger partial charge on any atom is 1.00 e. The first kappa shape index (κ1) is 19.3. The summed E-state index contributed by atoms with van der Waals surface area (Å²) in [6.45, 7) is 4.47. The van der Waals surface area contributed by atoms with Crippen LogP contribution in [0.3, 0.4) is 0 Å². The van der Waals surface area contributed by atoms with E-state index in [9.17, 15) is 5.11 Å². The van der Waals surface area contributed by atoms with Crippen molar-refractivity contribution in [1.82, 2.24) is 0 Å². The molecule has 0 aliphatic carbocycles. The number of aryl methyl sites for hydroxylation is 1. The molecule has 0 unspecified atom stereocenters. The summed E-state index contributed by atoms with van der Waals surface area (Å²) >= 11 is 0. The number of phenols is 1. The first-order valence-corrected chi connectivity index (χ1v) is 8.17. The van der Waals surface area contributed by atoms with Crippen molar-refractivity contribution < 1.29 is 36.1 Å². The van der Waals surface area contributed by atoms with E-state index in [0.29, 0.717) is 5.75 Å². The smallest absolute Gasteiger partial charge is 1.00 e. The van der Waals surface area contributed by atoms with E-state index < -0.39 is 0 Å². The summed E-state index contributed by atoms with van der Waals surface area (Å²) in [6.07, 6.45) is 7.07. The van der Waals surface area contributed by atoms with Crippen LogP contribution in [0.25, 0.3) is 11.1 Å². The molecule has 0 bridgehead atoms. The maximum atomic E-state index is 10.2. The predicted octanol–water partition coefficient (Wildman–Crippen LogP) is 2.86. The van der Waals surface area contributed by atoms with Crippen LogP contribution in [-0.2, 0) is 12.8 Å². The van der Waals surface area contributed by atoms with E-state index >= 15 is 0 Å². The van der Waals surface area contributed by atoms with Gasteiger partial charge in [0.1, 0.15) is 5.75 Å². The Morgan fingerprint density at radius 3 is 2.14 bits per heavy atom. The van der Waals surface area contributed by atoms with Gasteiger partial charge in [-0.15, -0.1) is 0 Å². The van der Waals surface area contributed by atoms with Crippen molar-refractivity contribution in [2.24, 2.45) is 0 Å². The average Bonchev–Trinajstić information content (AvgIpc) is 2.51. The van der Waals surface area contributed by atoms with Gasteiger partial charge in [0.15, 0.2) is 0 Å². The molecule has 0 aliphatic rings. The van der Waals surface area contributed by atoms with E-state index in [1.54, 1.807) is 6.07 Å². The number of phenolic OH excluding ortho intramolecular Hbond substituents is 1. The van der Waals surface area contributed by atoms with Gasteiger partial charge < -0.3 is 6.53 Å². The van der Waals surface area contributed by atoms with E-state index in [1.165, 1.54) is 42.4 Å². The largest absolute Gasteiger partial charge is 1.00 e. The van der Waals surface area contributed by atoms with Gasteiger partial charge in [0.25, 0.3) is 0 Å². The van der Waals surface area contributed by atoms with Gasteiger partial charge in [0, 0.05) is 5.56 Å². The fourth-order valence-electron chi connectivity index (χ4n) is 2.84. The molecule has 1 nitrogen and oxygen atoms in total. The predicted molar refractivity (Wildman–Crippen MR) is 91.9 cm³/mol. The van der Waals surface area contributed by atoms with E-state index in [2.05, 4.69) is 32.0 Å². The van der Waals surface area contributed by atoms with Gasteiger partial charge >= 0.3 is 29.6 Å². The molecule has 0 heterocycles. The Morgan fingerprint density at radius 2 is 1.45 bits per heavy atom. The fraction of sp³-hybridized carbons (Fsp3) is 0.400. The summed E-state index contributed by atoms with van der Waals surface area (Å²) in [5, 5.41) is 10.2. The van der Waals surface area contributed by atoms with Crippen LogP contribution in [0.4, 0.5) is 0 Å². The maximum absolute atomic E-state index is 10.2. The first-order chi connectivity index (χ1) is 10.3. The molecule has 2 rings (SSSR count). The van der Waals surface area contributed by atoms with Crippen molar-refractivity contribution in [2.45, 2.75) is 52.4 Å². The molecule has 0 aromatic heterocycles. The molecular weight excluding hydrogens is 279 g/mol. The van der Waals surface area contributed by atoms with Gasteiger partial charge in [0.2, 0.25) is 0 Å². The number of aromatic hydroxyl groups is 1. The number of unbranched alkanes of at least 4 members (excludes halogenated alkanes) is 2. The molecule has 0 radical (unpaired) electrons. The van der Waals surface area contributed by atoms with Crippen LogP contribution >= 0.6 is 0 Å². The Bertz CT molecular complexity index is 584. The molecule has 2 aromatic carbocycles. The molecule has 22 heavy (non-hydrogen) atoms. The van der Waals surface area contributed by atoms with Gasteiger partial charge in [-0.2, -0.15) is 0 Å². The minimum absolute atomic E-state index is 0. The zero-order valence-corrected chi connectivity index (χ0v) is 16.2. The van der Waals surface area contributed by atoms with Crippen molar-refractivity contribution in [3.8, 4) is 16.9 Å². The van der Waals surface area contributed by atoms with Gasteiger partial charge in [-0.1, -0.05) is 63.1 Å². The molecule has 0 atom stereocenters. The van der Waals surface area contributed by atoms with E-state index in [0.717, 1.165) is 18.4 Å². The van der Waals surface area contributed by atoms with Crippen molar-refractivity contribution in [1.29, 1.82) is 0 Å². The Balaban J connectivity index is 0.00000242. The zero-order valence-electron chi connectivity index (χ0n) is 15.2. The van der Waals surface area contributed by atoms with E-state index in [1.807, 2.05) is 18.2 Å². The molecule has 0 aliphatic heterocycles. The third-order valence-corrected chi connectivity index (χ3v) is 4.05. The first-order valence-electron chi connectivity index (χ1n) is 8.17. The molecule has 0 spiro atoms. The monoisotopic (exact) mass is 306 g/mol. The molecule has 114 valence electrons. The Hall–Kier alpha value is -0.760. The fourth-order valence-corrected chi connectivity index (χ4v) is 2.84. The minimum atomic E-state index is 0. The second-order valence-electron chi connectivity index (χ2n) is 5.67. The summed E-state index contributed by atoms with van der Waals surface area (Å²) < 4.78 is 0. The number of rotatable bonds is 7. The van der Waals surface area contributed by atoms with Gasteiger partial charge in [-0.25, -0.2) is 0 Å². The van der Waals surface area contributed by atoms with Crippen LogP contribution in [0, 0.1) is 0 Å². The summed E-state index contributed by atoms with van der Waals surface area (Å²) in [6, 6.07) is 14.2. The molecule has 0 amide bonds. The zero-order chi connectivity index (χ0) is 15.1. The SMILES string of the molecule is CCCCc1cccc(-c2ccccc2O)c1CCCC.[H-].[Na+]. The van der Waals surface area contributed by atoms with Crippen LogP contribution in [0.15, 0.2) is 42.5 Å². The van der Waals surface area contributed by atoms with Gasteiger partial charge in [-0.3, -0.25) is 0 Å². The van der Waals surface area contributed by atoms with Crippen LogP contribution in [0.1, 0.15) is 52.1 Å². The number of hydrogen-bond donors (Lipinski definition) is 1. The van der Waals surface area contributed by atoms with Crippen molar-refractivity contribution in [2.75, 3.05) is 0 Å². The third-order valence-electron chi connectivity index (χ3n) is 4.05. The topological polar surface area (TPSA) is 20.2 Å². The molecule has 1 N–H and O–H groups in total. The third kappa shape index (κ3) is 4.87. The molecule has 2 aromatic rings. The minimum Gasteiger partial charge on any atom is -1.00 e. The van der Waals surface area contributed by atoms with Crippen molar-refractivity contribution in [3.05, 3.63) is 53.6 Å².